The summed E-state index contributed by atoms with van der Waals surface area (Å²) in [4.78, 5) is 20.9. The minimum absolute atomic E-state index is 0.262. The molecule has 0 aliphatic carbocycles. The summed E-state index contributed by atoms with van der Waals surface area (Å²) in [5.41, 5.74) is 3.97. The van der Waals surface area contributed by atoms with Crippen molar-refractivity contribution in [2.45, 2.75) is 13.8 Å². The highest BCUT2D eigenvalue weighted by Gasteiger charge is 2.11. The number of benzene rings is 2. The summed E-state index contributed by atoms with van der Waals surface area (Å²) < 4.78 is 10.5. The number of ether oxygens (including phenoxy) is 2. The van der Waals surface area contributed by atoms with Crippen molar-refractivity contribution in [3.63, 3.8) is 0 Å². The molecule has 0 fully saturated rings. The van der Waals surface area contributed by atoms with E-state index in [9.17, 15) is 4.79 Å². The van der Waals surface area contributed by atoms with Gasteiger partial charge in [-0.25, -0.2) is 9.97 Å². The Morgan fingerprint density at radius 3 is 2.39 bits per heavy atom. The van der Waals surface area contributed by atoms with Crippen LogP contribution in [0.15, 0.2) is 48.8 Å². The molecular weight excluding hydrogens is 356 g/mol. The fourth-order valence-electron chi connectivity index (χ4n) is 2.61. The van der Waals surface area contributed by atoms with Crippen molar-refractivity contribution in [3.05, 3.63) is 65.5 Å². The topological polar surface area (TPSA) is 85.4 Å². The van der Waals surface area contributed by atoms with Crippen LogP contribution in [0.25, 0.3) is 0 Å². The van der Waals surface area contributed by atoms with Crippen LogP contribution < -0.4 is 20.1 Å². The third kappa shape index (κ3) is 4.20. The van der Waals surface area contributed by atoms with Crippen LogP contribution in [0.4, 0.5) is 17.3 Å². The maximum Gasteiger partial charge on any atom is 0.258 e. The van der Waals surface area contributed by atoms with E-state index in [0.29, 0.717) is 28.7 Å². The quantitative estimate of drug-likeness (QED) is 0.671. The lowest BCUT2D eigenvalue weighted by Crippen LogP contribution is -2.14. The Bertz CT molecular complexity index is 987. The molecule has 0 saturated carbocycles. The van der Waals surface area contributed by atoms with Crippen molar-refractivity contribution in [3.8, 4) is 11.5 Å². The van der Waals surface area contributed by atoms with Gasteiger partial charge in [0.1, 0.15) is 11.5 Å². The van der Waals surface area contributed by atoms with Crippen LogP contribution in [0.3, 0.4) is 0 Å². The van der Waals surface area contributed by atoms with Gasteiger partial charge < -0.3 is 20.1 Å². The molecule has 0 aliphatic rings. The Morgan fingerprint density at radius 1 is 0.964 bits per heavy atom. The smallest absolute Gasteiger partial charge is 0.258 e. The van der Waals surface area contributed by atoms with Crippen molar-refractivity contribution in [2.75, 3.05) is 24.9 Å². The highest BCUT2D eigenvalue weighted by atomic mass is 16.5. The van der Waals surface area contributed by atoms with Gasteiger partial charge in [-0.3, -0.25) is 4.79 Å². The highest BCUT2D eigenvalue weighted by molar-refractivity contribution is 6.04. The molecule has 144 valence electrons. The first kappa shape index (κ1) is 19.2. The summed E-state index contributed by atoms with van der Waals surface area (Å²) in [6.45, 7) is 3.97. The Kier molecular flexibility index (Phi) is 5.74. The monoisotopic (exact) mass is 378 g/mol. The molecule has 1 heterocycles. The molecule has 2 N–H and O–H groups in total. The number of hydrogen-bond acceptors (Lipinski definition) is 6. The molecule has 0 bridgehead atoms. The van der Waals surface area contributed by atoms with Crippen LogP contribution in [0.2, 0.25) is 0 Å². The normalized spacial score (nSPS) is 10.3. The van der Waals surface area contributed by atoms with Gasteiger partial charge in [-0.15, -0.1) is 0 Å². The van der Waals surface area contributed by atoms with Crippen molar-refractivity contribution >= 4 is 23.2 Å². The Labute approximate surface area is 163 Å². The molecule has 0 saturated heterocycles. The zero-order valence-corrected chi connectivity index (χ0v) is 16.2. The zero-order valence-electron chi connectivity index (χ0n) is 16.2. The molecule has 28 heavy (non-hydrogen) atoms. The Balaban J connectivity index is 1.73. The Hall–Kier alpha value is -3.61. The predicted molar refractivity (Wildman–Crippen MR) is 109 cm³/mol. The van der Waals surface area contributed by atoms with Crippen LogP contribution in [0.1, 0.15) is 21.5 Å². The van der Waals surface area contributed by atoms with E-state index in [1.165, 1.54) is 12.4 Å². The number of carbonyl (C=O) groups excluding carboxylic acids is 1. The highest BCUT2D eigenvalue weighted by Crippen LogP contribution is 2.30. The van der Waals surface area contributed by atoms with Crippen LogP contribution in [0, 0.1) is 13.8 Å². The molecule has 0 spiro atoms. The average molecular weight is 378 g/mol. The second-order valence-electron chi connectivity index (χ2n) is 6.19. The van der Waals surface area contributed by atoms with E-state index in [-0.39, 0.29) is 5.91 Å². The van der Waals surface area contributed by atoms with Crippen molar-refractivity contribution < 1.29 is 14.3 Å². The molecule has 1 aromatic heterocycles. The van der Waals surface area contributed by atoms with Crippen molar-refractivity contribution in [1.82, 2.24) is 9.97 Å². The summed E-state index contributed by atoms with van der Waals surface area (Å²) in [7, 11) is 3.16. The fraction of sp³-hybridized carbons (Fsp3) is 0.190. The van der Waals surface area contributed by atoms with Crippen LogP contribution in [0.5, 0.6) is 11.5 Å². The number of rotatable bonds is 6. The summed E-state index contributed by atoms with van der Waals surface area (Å²) in [6, 6.07) is 11.1. The predicted octanol–water partition coefficient (Wildman–Crippen LogP) is 4.11. The number of hydrogen-bond donors (Lipinski definition) is 2. The van der Waals surface area contributed by atoms with Gasteiger partial charge >= 0.3 is 0 Å². The fourth-order valence-corrected chi connectivity index (χ4v) is 2.61. The largest absolute Gasteiger partial charge is 0.497 e. The SMILES string of the molecule is COc1ccc(Nc2ncc(C(=O)Nc3cccc(C)c3C)cn2)c(OC)c1. The zero-order chi connectivity index (χ0) is 20.1. The summed E-state index contributed by atoms with van der Waals surface area (Å²) in [5, 5.41) is 5.97. The van der Waals surface area contributed by atoms with Gasteiger partial charge in [0, 0.05) is 24.1 Å². The lowest BCUT2D eigenvalue weighted by atomic mass is 10.1. The number of aryl methyl sites for hydroxylation is 1. The molecule has 3 aromatic rings. The third-order valence-electron chi connectivity index (χ3n) is 4.42. The molecule has 0 atom stereocenters. The van der Waals surface area contributed by atoms with Crippen molar-refractivity contribution in [2.24, 2.45) is 0 Å². The Morgan fingerprint density at radius 2 is 1.71 bits per heavy atom. The van der Waals surface area contributed by atoms with Crippen LogP contribution in [-0.2, 0) is 0 Å². The van der Waals surface area contributed by atoms with Crippen molar-refractivity contribution in [1.29, 1.82) is 0 Å². The number of anilines is 3. The van der Waals surface area contributed by atoms with E-state index in [0.717, 1.165) is 16.8 Å². The van der Waals surface area contributed by atoms with Gasteiger partial charge in [-0.1, -0.05) is 12.1 Å². The summed E-state index contributed by atoms with van der Waals surface area (Å²) in [5.74, 6) is 1.37. The first-order chi connectivity index (χ1) is 13.5. The van der Waals surface area contributed by atoms with E-state index in [1.54, 1.807) is 26.4 Å². The van der Waals surface area contributed by atoms with E-state index >= 15 is 0 Å². The molecule has 7 heteroatoms. The summed E-state index contributed by atoms with van der Waals surface area (Å²) in [6.07, 6.45) is 2.96. The molecule has 1 amide bonds. The number of carbonyl (C=O) groups is 1. The molecule has 2 aromatic carbocycles. The number of nitrogens with one attached hydrogen (secondary N) is 2. The summed E-state index contributed by atoms with van der Waals surface area (Å²) >= 11 is 0. The number of nitrogens with zero attached hydrogens (tertiary/aromatic N) is 2. The van der Waals surface area contributed by atoms with E-state index in [1.807, 2.05) is 38.1 Å². The number of aromatic nitrogens is 2. The second-order valence-corrected chi connectivity index (χ2v) is 6.19. The molecule has 7 nitrogen and oxygen atoms in total. The van der Waals surface area contributed by atoms with E-state index in [2.05, 4.69) is 20.6 Å². The minimum Gasteiger partial charge on any atom is -0.497 e. The van der Waals surface area contributed by atoms with Gasteiger partial charge in [0.05, 0.1) is 25.5 Å². The maximum absolute atomic E-state index is 12.5. The molecule has 0 aliphatic heterocycles. The molecule has 0 radical (unpaired) electrons. The maximum atomic E-state index is 12.5. The van der Waals surface area contributed by atoms with E-state index < -0.39 is 0 Å². The lowest BCUT2D eigenvalue weighted by molar-refractivity contribution is 0.102. The molecular formula is C21H22N4O3. The minimum atomic E-state index is -0.262. The molecule has 3 rings (SSSR count). The first-order valence-electron chi connectivity index (χ1n) is 8.70. The van der Waals surface area contributed by atoms with Crippen LogP contribution >= 0.6 is 0 Å². The third-order valence-corrected chi connectivity index (χ3v) is 4.42. The van der Waals surface area contributed by atoms with Gasteiger partial charge in [-0.2, -0.15) is 0 Å². The van der Waals surface area contributed by atoms with Gasteiger partial charge in [0.15, 0.2) is 0 Å². The number of amides is 1. The van der Waals surface area contributed by atoms with Gasteiger partial charge in [0.2, 0.25) is 5.95 Å². The standard InChI is InChI=1S/C21H22N4O3/c1-13-6-5-7-17(14(13)2)24-20(26)15-11-22-21(23-12-15)25-18-9-8-16(27-3)10-19(18)28-4/h5-12H,1-4H3,(H,24,26)(H,22,23,25). The molecule has 0 unspecified atom stereocenters. The van der Waals surface area contributed by atoms with Crippen LogP contribution in [-0.4, -0.2) is 30.1 Å². The average Bonchev–Trinajstić information content (AvgIpc) is 2.72. The number of methoxy groups -OCH3 is 2. The lowest BCUT2D eigenvalue weighted by Gasteiger charge is -2.12. The van der Waals surface area contributed by atoms with Gasteiger partial charge in [0.25, 0.3) is 5.91 Å². The van der Waals surface area contributed by atoms with Gasteiger partial charge in [-0.05, 0) is 43.2 Å². The van der Waals surface area contributed by atoms with E-state index in [4.69, 9.17) is 9.47 Å². The first-order valence-corrected chi connectivity index (χ1v) is 8.70. The second kappa shape index (κ2) is 8.39.